The first-order valence-corrected chi connectivity index (χ1v) is 5.31. The highest BCUT2D eigenvalue weighted by Gasteiger charge is 2.34. The molecule has 0 aromatic carbocycles. The van der Waals surface area contributed by atoms with E-state index < -0.39 is 0 Å². The van der Waals surface area contributed by atoms with Gasteiger partial charge in [0.05, 0.1) is 11.8 Å². The second kappa shape index (κ2) is 4.55. The predicted molar refractivity (Wildman–Crippen MR) is 63.2 cm³/mol. The third kappa shape index (κ3) is 2.35. The fraction of sp³-hybridized carbons (Fsp3) is 0.636. The number of hydrazone groups is 1. The molecule has 0 aromatic heterocycles. The van der Waals surface area contributed by atoms with Crippen molar-refractivity contribution in [2.45, 2.75) is 26.8 Å². The molecule has 0 spiro atoms. The van der Waals surface area contributed by atoms with Crippen LogP contribution < -0.4 is 5.32 Å². The lowest BCUT2D eigenvalue weighted by atomic mass is 10.0. The smallest absolute Gasteiger partial charge is 0.257 e. The second-order valence-electron chi connectivity index (χ2n) is 4.49. The van der Waals surface area contributed by atoms with Gasteiger partial charge in [0, 0.05) is 14.1 Å². The summed E-state index contributed by atoms with van der Waals surface area (Å²) < 4.78 is 0. The molecule has 2 N–H and O–H groups in total. The van der Waals surface area contributed by atoms with Gasteiger partial charge in [0.15, 0.2) is 0 Å². The first-order chi connectivity index (χ1) is 7.34. The van der Waals surface area contributed by atoms with Gasteiger partial charge >= 0.3 is 0 Å². The van der Waals surface area contributed by atoms with E-state index in [2.05, 4.69) is 10.4 Å². The fourth-order valence-electron chi connectivity index (χ4n) is 1.74. The molecule has 90 valence electrons. The van der Waals surface area contributed by atoms with E-state index in [9.17, 15) is 9.90 Å². The van der Waals surface area contributed by atoms with Crippen LogP contribution in [0.3, 0.4) is 0 Å². The number of hydrogen-bond acceptors (Lipinski definition) is 4. The van der Waals surface area contributed by atoms with E-state index in [1.54, 1.807) is 26.0 Å². The molecule has 1 unspecified atom stereocenters. The quantitative estimate of drug-likeness (QED) is 0.554. The summed E-state index contributed by atoms with van der Waals surface area (Å²) in [6.07, 6.45) is 0. The molecule has 1 amide bonds. The van der Waals surface area contributed by atoms with Crippen molar-refractivity contribution in [2.24, 2.45) is 11.0 Å². The van der Waals surface area contributed by atoms with Crippen molar-refractivity contribution >= 4 is 11.6 Å². The van der Waals surface area contributed by atoms with Crippen LogP contribution in [0.2, 0.25) is 0 Å². The molecule has 5 nitrogen and oxygen atoms in total. The Balaban J connectivity index is 3.07. The zero-order chi connectivity index (χ0) is 12.5. The first kappa shape index (κ1) is 12.5. The van der Waals surface area contributed by atoms with E-state index in [0.29, 0.717) is 11.3 Å². The van der Waals surface area contributed by atoms with Gasteiger partial charge in [-0.1, -0.05) is 13.8 Å². The molecule has 1 heterocycles. The highest BCUT2D eigenvalue weighted by atomic mass is 16.3. The number of amides is 1. The van der Waals surface area contributed by atoms with Crippen molar-refractivity contribution in [1.82, 2.24) is 10.3 Å². The van der Waals surface area contributed by atoms with Crippen molar-refractivity contribution in [1.29, 1.82) is 0 Å². The minimum absolute atomic E-state index is 0.100. The molecule has 0 aliphatic carbocycles. The summed E-state index contributed by atoms with van der Waals surface area (Å²) in [6.45, 7) is 5.61. The van der Waals surface area contributed by atoms with Gasteiger partial charge in [-0.3, -0.25) is 4.79 Å². The lowest BCUT2D eigenvalue weighted by Crippen LogP contribution is -2.33. The van der Waals surface area contributed by atoms with Crippen LogP contribution in [-0.4, -0.2) is 41.9 Å². The molecule has 0 bridgehead atoms. The number of hydrogen-bond donors (Lipinski definition) is 2. The Kier molecular flexibility index (Phi) is 3.57. The van der Waals surface area contributed by atoms with Gasteiger partial charge in [-0.25, -0.2) is 0 Å². The van der Waals surface area contributed by atoms with E-state index in [4.69, 9.17) is 0 Å². The summed E-state index contributed by atoms with van der Waals surface area (Å²) in [5.41, 5.74) is 0.829. The summed E-state index contributed by atoms with van der Waals surface area (Å²) in [5, 5.41) is 18.4. The van der Waals surface area contributed by atoms with Crippen molar-refractivity contribution in [3.05, 3.63) is 11.3 Å². The number of carbonyl (C=O) groups excluding carboxylic acids is 1. The minimum Gasteiger partial charge on any atom is -0.509 e. The van der Waals surface area contributed by atoms with Gasteiger partial charge in [0.2, 0.25) is 0 Å². The highest BCUT2D eigenvalue weighted by Crippen LogP contribution is 2.21. The maximum Gasteiger partial charge on any atom is 0.257 e. The van der Waals surface area contributed by atoms with Gasteiger partial charge in [-0.15, -0.1) is 0 Å². The Morgan fingerprint density at radius 1 is 1.50 bits per heavy atom. The van der Waals surface area contributed by atoms with Gasteiger partial charge < -0.3 is 15.4 Å². The Morgan fingerprint density at radius 3 is 2.44 bits per heavy atom. The molecule has 0 radical (unpaired) electrons. The lowest BCUT2D eigenvalue weighted by molar-refractivity contribution is -0.116. The fourth-order valence-corrected chi connectivity index (χ4v) is 1.74. The largest absolute Gasteiger partial charge is 0.509 e. The Morgan fingerprint density at radius 2 is 2.06 bits per heavy atom. The van der Waals surface area contributed by atoms with Crippen LogP contribution in [0.5, 0.6) is 0 Å². The SMILES string of the molecule is CC(=NN(C)C)C1=C(O)C(C(C)C)NC1=O. The van der Waals surface area contributed by atoms with Crippen molar-refractivity contribution in [2.75, 3.05) is 14.1 Å². The molecular formula is C11H19N3O2. The van der Waals surface area contributed by atoms with Crippen LogP contribution >= 0.6 is 0 Å². The molecule has 0 saturated carbocycles. The predicted octanol–water partition coefficient (Wildman–Crippen LogP) is 0.890. The van der Waals surface area contributed by atoms with Crippen LogP contribution in [0, 0.1) is 5.92 Å². The molecule has 16 heavy (non-hydrogen) atoms. The maximum atomic E-state index is 11.7. The third-order valence-electron chi connectivity index (χ3n) is 2.44. The molecule has 1 atom stereocenters. The molecular weight excluding hydrogens is 206 g/mol. The van der Waals surface area contributed by atoms with Crippen LogP contribution in [-0.2, 0) is 4.79 Å². The number of rotatable bonds is 3. The summed E-state index contributed by atoms with van der Waals surface area (Å²) in [4.78, 5) is 11.7. The van der Waals surface area contributed by atoms with Crippen LogP contribution in [0.1, 0.15) is 20.8 Å². The van der Waals surface area contributed by atoms with Crippen molar-refractivity contribution in [3.8, 4) is 0 Å². The molecule has 0 saturated heterocycles. The van der Waals surface area contributed by atoms with E-state index in [1.165, 1.54) is 0 Å². The number of nitrogens with zero attached hydrogens (tertiary/aromatic N) is 2. The van der Waals surface area contributed by atoms with Gasteiger partial charge in [-0.05, 0) is 12.8 Å². The van der Waals surface area contributed by atoms with Crippen molar-refractivity contribution < 1.29 is 9.90 Å². The monoisotopic (exact) mass is 225 g/mol. The maximum absolute atomic E-state index is 11.7. The topological polar surface area (TPSA) is 64.9 Å². The summed E-state index contributed by atoms with van der Waals surface area (Å²) in [5.74, 6) is 0.0102. The number of aliphatic hydroxyl groups excluding tert-OH is 1. The van der Waals surface area contributed by atoms with E-state index in [1.807, 2.05) is 13.8 Å². The van der Waals surface area contributed by atoms with Crippen molar-refractivity contribution in [3.63, 3.8) is 0 Å². The minimum atomic E-state index is -0.296. The van der Waals surface area contributed by atoms with Gasteiger partial charge in [-0.2, -0.15) is 5.10 Å². The molecule has 0 fully saturated rings. The first-order valence-electron chi connectivity index (χ1n) is 5.31. The lowest BCUT2D eigenvalue weighted by Gasteiger charge is -2.14. The normalized spacial score (nSPS) is 21.8. The summed E-state index contributed by atoms with van der Waals surface area (Å²) in [6, 6.07) is -0.296. The van der Waals surface area contributed by atoms with Crippen LogP contribution in [0.4, 0.5) is 0 Å². The van der Waals surface area contributed by atoms with Gasteiger partial charge in [0.25, 0.3) is 5.91 Å². The third-order valence-corrected chi connectivity index (χ3v) is 2.44. The summed E-state index contributed by atoms with van der Waals surface area (Å²) >= 11 is 0. The average Bonchev–Trinajstić information content (AvgIpc) is 2.40. The van der Waals surface area contributed by atoms with Crippen LogP contribution in [0.25, 0.3) is 0 Å². The molecule has 1 rings (SSSR count). The van der Waals surface area contributed by atoms with E-state index in [0.717, 1.165) is 0 Å². The van der Waals surface area contributed by atoms with E-state index >= 15 is 0 Å². The molecule has 1 aliphatic rings. The molecule has 5 heteroatoms. The highest BCUT2D eigenvalue weighted by molar-refractivity contribution is 6.22. The molecule has 1 aliphatic heterocycles. The zero-order valence-corrected chi connectivity index (χ0v) is 10.4. The van der Waals surface area contributed by atoms with Gasteiger partial charge in [0.1, 0.15) is 11.3 Å². The summed E-state index contributed by atoms with van der Waals surface area (Å²) in [7, 11) is 3.54. The number of carbonyl (C=O) groups is 1. The second-order valence-corrected chi connectivity index (χ2v) is 4.49. The Labute approximate surface area is 95.8 Å². The Bertz CT molecular complexity index is 356. The molecule has 0 aromatic rings. The average molecular weight is 225 g/mol. The Hall–Kier alpha value is -1.52. The van der Waals surface area contributed by atoms with E-state index in [-0.39, 0.29) is 23.6 Å². The standard InChI is InChI=1S/C11H19N3O2/c1-6(2)9-10(15)8(11(16)12-9)7(3)13-14(4)5/h6,9,15H,1-5H3,(H,12,16). The van der Waals surface area contributed by atoms with Crippen LogP contribution in [0.15, 0.2) is 16.4 Å². The number of aliphatic hydroxyl groups is 1. The number of nitrogens with one attached hydrogen (secondary N) is 1. The zero-order valence-electron chi connectivity index (χ0n) is 10.4.